The molecule has 0 atom stereocenters. The summed E-state index contributed by atoms with van der Waals surface area (Å²) in [6, 6.07) is 9.49. The summed E-state index contributed by atoms with van der Waals surface area (Å²) in [5.41, 5.74) is 2.26. The predicted octanol–water partition coefficient (Wildman–Crippen LogP) is 4.15. The molecular weight excluding hydrogens is 478 g/mol. The van der Waals surface area contributed by atoms with Gasteiger partial charge in [0.1, 0.15) is 5.75 Å². The van der Waals surface area contributed by atoms with Crippen LogP contribution in [-0.4, -0.2) is 61.5 Å². The van der Waals surface area contributed by atoms with Gasteiger partial charge in [-0.25, -0.2) is 19.1 Å². The van der Waals surface area contributed by atoms with Crippen molar-refractivity contribution in [2.24, 2.45) is 5.92 Å². The number of rotatable bonds is 6. The summed E-state index contributed by atoms with van der Waals surface area (Å²) in [7, 11) is 0. The number of hydrogen-bond donors (Lipinski definition) is 3. The lowest BCUT2D eigenvalue weighted by Crippen LogP contribution is -2.41. The van der Waals surface area contributed by atoms with E-state index in [1.807, 2.05) is 0 Å². The van der Waals surface area contributed by atoms with Crippen LogP contribution < -0.4 is 9.47 Å². The zero-order valence-electron chi connectivity index (χ0n) is 20.3. The maximum atomic E-state index is 12.6. The van der Waals surface area contributed by atoms with Crippen LogP contribution >= 0.6 is 0 Å². The third-order valence-corrected chi connectivity index (χ3v) is 7.06. The number of hydrogen-bond acceptors (Lipinski definition) is 7. The number of fused-ring (bicyclic) bond motifs is 1. The second-order valence-corrected chi connectivity index (χ2v) is 9.44. The fourth-order valence-electron chi connectivity index (χ4n) is 4.92. The van der Waals surface area contributed by atoms with Crippen molar-refractivity contribution in [3.8, 4) is 29.1 Å². The molecule has 3 aromatic rings. The van der Waals surface area contributed by atoms with Crippen molar-refractivity contribution < 1.29 is 34.4 Å². The summed E-state index contributed by atoms with van der Waals surface area (Å²) in [6.07, 6.45) is 5.90. The number of benzene rings is 1. The fraction of sp³-hybridized carbons (Fsp3) is 0.370. The Morgan fingerprint density at radius 2 is 1.59 bits per heavy atom. The van der Waals surface area contributed by atoms with Crippen LogP contribution in [-0.2, 0) is 12.8 Å². The Morgan fingerprint density at radius 3 is 2.16 bits per heavy atom. The molecule has 194 valence electrons. The Morgan fingerprint density at radius 1 is 0.946 bits per heavy atom. The first kappa shape index (κ1) is 24.5. The van der Waals surface area contributed by atoms with E-state index in [1.165, 1.54) is 22.9 Å². The fourth-order valence-corrected chi connectivity index (χ4v) is 4.92. The predicted molar refractivity (Wildman–Crippen MR) is 133 cm³/mol. The first-order valence-corrected chi connectivity index (χ1v) is 12.4. The molecule has 2 aromatic heterocycles. The van der Waals surface area contributed by atoms with Gasteiger partial charge < -0.3 is 29.7 Å². The molecule has 0 radical (unpaired) electrons. The number of carboxylic acids is 1. The molecule has 0 unspecified atom stereocenters. The molecule has 1 saturated heterocycles. The van der Waals surface area contributed by atoms with Crippen LogP contribution in [0.1, 0.15) is 47.2 Å². The lowest BCUT2D eigenvalue weighted by atomic mass is 9.95. The van der Waals surface area contributed by atoms with E-state index in [9.17, 15) is 19.8 Å². The van der Waals surface area contributed by atoms with Gasteiger partial charge in [0.05, 0.1) is 24.1 Å². The quantitative estimate of drug-likeness (QED) is 0.453. The van der Waals surface area contributed by atoms with Crippen LogP contribution in [0.15, 0.2) is 42.6 Å². The van der Waals surface area contributed by atoms with Crippen molar-refractivity contribution in [1.29, 1.82) is 0 Å². The van der Waals surface area contributed by atoms with Gasteiger partial charge in [0.2, 0.25) is 17.6 Å². The van der Waals surface area contributed by atoms with Crippen LogP contribution in [0.3, 0.4) is 0 Å². The number of aromatic carboxylic acids is 1. The highest BCUT2D eigenvalue weighted by molar-refractivity contribution is 5.87. The summed E-state index contributed by atoms with van der Waals surface area (Å²) in [6.45, 7) is 1.54. The summed E-state index contributed by atoms with van der Waals surface area (Å²) in [4.78, 5) is 29.4. The Labute approximate surface area is 213 Å². The van der Waals surface area contributed by atoms with Gasteiger partial charge in [0.15, 0.2) is 0 Å². The summed E-state index contributed by atoms with van der Waals surface area (Å²) in [5.74, 6) is 0.108. The molecule has 37 heavy (non-hydrogen) atoms. The highest BCUT2D eigenvalue weighted by Gasteiger charge is 2.27. The normalized spacial score (nSPS) is 15.7. The van der Waals surface area contributed by atoms with Crippen LogP contribution in [0.25, 0.3) is 5.69 Å². The minimum atomic E-state index is -0.977. The van der Waals surface area contributed by atoms with E-state index >= 15 is 0 Å². The van der Waals surface area contributed by atoms with Crippen molar-refractivity contribution in [3.63, 3.8) is 0 Å². The monoisotopic (exact) mass is 507 g/mol. The van der Waals surface area contributed by atoms with Crippen LogP contribution in [0.2, 0.25) is 0 Å². The minimum absolute atomic E-state index is 0.0304. The second kappa shape index (κ2) is 10.4. The number of piperidine rings is 1. The van der Waals surface area contributed by atoms with Gasteiger partial charge in [-0.15, -0.1) is 0 Å². The number of ether oxygens (including phenoxy) is 2. The minimum Gasteiger partial charge on any atom is -0.494 e. The number of aromatic hydroxyl groups is 2. The third-order valence-electron chi connectivity index (χ3n) is 7.06. The van der Waals surface area contributed by atoms with Gasteiger partial charge in [-0.3, -0.25) is 0 Å². The molecule has 1 amide bonds. The van der Waals surface area contributed by atoms with Gasteiger partial charge >= 0.3 is 12.1 Å². The topological polar surface area (TPSA) is 134 Å². The SMILES string of the molecule is O=C(O)c1ccc(OCC2CCN(C(=O)Oc3ccc(-n4c(O)c5c(c4O)CCCC5)cn3)CC2)cc1. The zero-order valence-corrected chi connectivity index (χ0v) is 20.3. The zero-order chi connectivity index (χ0) is 25.9. The van der Waals surface area contributed by atoms with Crippen molar-refractivity contribution in [1.82, 2.24) is 14.5 Å². The lowest BCUT2D eigenvalue weighted by Gasteiger charge is -2.30. The molecule has 1 aliphatic heterocycles. The van der Waals surface area contributed by atoms with Crippen molar-refractivity contribution in [2.75, 3.05) is 19.7 Å². The number of likely N-dealkylation sites (tertiary alicyclic amines) is 1. The molecular formula is C27H29N3O7. The van der Waals surface area contributed by atoms with Crippen molar-refractivity contribution >= 4 is 12.1 Å². The maximum absolute atomic E-state index is 12.6. The number of aromatic nitrogens is 2. The van der Waals surface area contributed by atoms with E-state index in [2.05, 4.69) is 4.98 Å². The number of nitrogens with zero attached hydrogens (tertiary/aromatic N) is 3. The van der Waals surface area contributed by atoms with E-state index in [0.717, 1.165) is 49.7 Å². The number of amides is 1. The smallest absolute Gasteiger partial charge is 0.416 e. The van der Waals surface area contributed by atoms with E-state index in [-0.39, 0.29) is 29.1 Å². The third kappa shape index (κ3) is 5.18. The average Bonchev–Trinajstić information content (AvgIpc) is 3.18. The van der Waals surface area contributed by atoms with Crippen LogP contribution in [0.5, 0.6) is 23.4 Å². The van der Waals surface area contributed by atoms with Gasteiger partial charge in [-0.1, -0.05) is 0 Å². The molecule has 10 nitrogen and oxygen atoms in total. The molecule has 0 saturated carbocycles. The van der Waals surface area contributed by atoms with Gasteiger partial charge in [-0.2, -0.15) is 0 Å². The molecule has 0 bridgehead atoms. The highest BCUT2D eigenvalue weighted by Crippen LogP contribution is 2.40. The first-order valence-electron chi connectivity index (χ1n) is 12.4. The summed E-state index contributed by atoms with van der Waals surface area (Å²) >= 11 is 0. The Balaban J connectivity index is 1.12. The van der Waals surface area contributed by atoms with Gasteiger partial charge in [0.25, 0.3) is 0 Å². The largest absolute Gasteiger partial charge is 0.494 e. The van der Waals surface area contributed by atoms with Crippen LogP contribution in [0, 0.1) is 5.92 Å². The Bertz CT molecular complexity index is 1250. The molecule has 1 aliphatic carbocycles. The van der Waals surface area contributed by atoms with Crippen LogP contribution in [0.4, 0.5) is 4.79 Å². The van der Waals surface area contributed by atoms with E-state index in [4.69, 9.17) is 14.6 Å². The molecule has 10 heteroatoms. The molecule has 3 heterocycles. The molecule has 1 aromatic carbocycles. The average molecular weight is 508 g/mol. The van der Waals surface area contributed by atoms with Crippen molar-refractivity contribution in [2.45, 2.75) is 38.5 Å². The molecule has 1 fully saturated rings. The molecule has 5 rings (SSSR count). The van der Waals surface area contributed by atoms with E-state index < -0.39 is 12.1 Å². The number of carboxylic acid groups (broad SMARTS) is 1. The number of carbonyl (C=O) groups excluding carboxylic acids is 1. The first-order chi connectivity index (χ1) is 17.9. The van der Waals surface area contributed by atoms with Gasteiger partial charge in [-0.05, 0) is 74.8 Å². The molecule has 0 spiro atoms. The summed E-state index contributed by atoms with van der Waals surface area (Å²) in [5, 5.41) is 30.2. The number of carbonyl (C=O) groups is 2. The second-order valence-electron chi connectivity index (χ2n) is 9.44. The van der Waals surface area contributed by atoms with Gasteiger partial charge in [0, 0.05) is 30.3 Å². The van der Waals surface area contributed by atoms with E-state index in [0.29, 0.717) is 31.1 Å². The molecule has 3 N–H and O–H groups in total. The standard InChI is InChI=1S/C27H29N3O7/c31-24-21-3-1-2-4-22(21)25(32)30(24)19-7-10-23(28-15-19)37-27(35)29-13-11-17(12-14-29)16-36-20-8-5-18(6-9-20)26(33)34/h5-10,15,17,31-32H,1-4,11-14,16H2,(H,33,34). The lowest BCUT2D eigenvalue weighted by molar-refractivity contribution is 0.0696. The highest BCUT2D eigenvalue weighted by atomic mass is 16.6. The Kier molecular flexibility index (Phi) is 6.89. The molecule has 2 aliphatic rings. The van der Waals surface area contributed by atoms with E-state index in [1.54, 1.807) is 29.2 Å². The Hall–Kier alpha value is -4.21. The van der Waals surface area contributed by atoms with Crippen molar-refractivity contribution in [3.05, 3.63) is 59.3 Å². The number of pyridine rings is 1. The maximum Gasteiger partial charge on any atom is 0.416 e. The summed E-state index contributed by atoms with van der Waals surface area (Å²) < 4.78 is 12.6.